The zero-order valence-electron chi connectivity index (χ0n) is 19.6. The second kappa shape index (κ2) is 8.92. The summed E-state index contributed by atoms with van der Waals surface area (Å²) in [5, 5.41) is 3.79. The minimum atomic E-state index is -0.343. The zero-order chi connectivity index (χ0) is 24.7. The summed E-state index contributed by atoms with van der Waals surface area (Å²) < 4.78 is 20.6. The maximum atomic E-state index is 13.6. The lowest BCUT2D eigenvalue weighted by molar-refractivity contribution is 0.110. The van der Waals surface area contributed by atoms with Crippen LogP contribution in [0.4, 0.5) is 15.9 Å². The fraction of sp³-hybridized carbons (Fsp3) is 0.320. The summed E-state index contributed by atoms with van der Waals surface area (Å²) in [7, 11) is 1.70. The Kier molecular flexibility index (Phi) is 5.78. The molecule has 3 aromatic heterocycles. The van der Waals surface area contributed by atoms with Crippen LogP contribution in [0.3, 0.4) is 0 Å². The molecule has 4 aromatic rings. The highest BCUT2D eigenvalue weighted by molar-refractivity contribution is 5.89. The molecule has 178 valence electrons. The SMILES string of the molecule is [C-]#[N+]c1ccc2c(n1)c(N1C[C@@H](C)N(C(c3ccc(F)cc3)c3ncno3)C[C@@H]1C)cc(=O)n2C. The molecule has 1 aliphatic heterocycles. The van der Waals surface area contributed by atoms with Gasteiger partial charge in [0.25, 0.3) is 11.4 Å². The first-order valence-corrected chi connectivity index (χ1v) is 11.3. The summed E-state index contributed by atoms with van der Waals surface area (Å²) in [5.41, 5.74) is 2.73. The lowest BCUT2D eigenvalue weighted by Crippen LogP contribution is -2.57. The van der Waals surface area contributed by atoms with Gasteiger partial charge in [-0.2, -0.15) is 4.98 Å². The summed E-state index contributed by atoms with van der Waals surface area (Å²) in [5.74, 6) is 0.407. The van der Waals surface area contributed by atoms with E-state index in [1.165, 1.54) is 18.5 Å². The number of aromatic nitrogens is 4. The normalized spacial score (nSPS) is 19.6. The molecule has 1 aromatic carbocycles. The van der Waals surface area contributed by atoms with Crippen LogP contribution in [0.5, 0.6) is 0 Å². The van der Waals surface area contributed by atoms with Crippen molar-refractivity contribution in [2.75, 3.05) is 18.0 Å². The molecule has 3 atom stereocenters. The van der Waals surface area contributed by atoms with Crippen molar-refractivity contribution in [3.05, 3.63) is 87.8 Å². The number of pyridine rings is 2. The van der Waals surface area contributed by atoms with Crippen LogP contribution in [0.15, 0.2) is 58.1 Å². The fourth-order valence-corrected chi connectivity index (χ4v) is 4.85. The third kappa shape index (κ3) is 4.04. The Morgan fingerprint density at radius 2 is 1.91 bits per heavy atom. The van der Waals surface area contributed by atoms with Crippen molar-refractivity contribution in [3.63, 3.8) is 0 Å². The highest BCUT2D eigenvalue weighted by Crippen LogP contribution is 2.35. The quantitative estimate of drug-likeness (QED) is 0.418. The van der Waals surface area contributed by atoms with Gasteiger partial charge in [0.2, 0.25) is 11.4 Å². The summed E-state index contributed by atoms with van der Waals surface area (Å²) >= 11 is 0. The first-order chi connectivity index (χ1) is 16.9. The van der Waals surface area contributed by atoms with Crippen molar-refractivity contribution in [2.24, 2.45) is 7.05 Å². The molecule has 1 unspecified atom stereocenters. The summed E-state index contributed by atoms with van der Waals surface area (Å²) in [6.45, 7) is 12.8. The summed E-state index contributed by atoms with van der Waals surface area (Å²) in [4.78, 5) is 29.5. The highest BCUT2D eigenvalue weighted by atomic mass is 19.1. The van der Waals surface area contributed by atoms with E-state index >= 15 is 0 Å². The van der Waals surface area contributed by atoms with E-state index in [4.69, 9.17) is 11.1 Å². The van der Waals surface area contributed by atoms with Crippen molar-refractivity contribution in [3.8, 4) is 0 Å². The zero-order valence-corrected chi connectivity index (χ0v) is 19.6. The van der Waals surface area contributed by atoms with Gasteiger partial charge in [0.05, 0.1) is 11.2 Å². The molecule has 0 spiro atoms. The van der Waals surface area contributed by atoms with Crippen LogP contribution in [0.2, 0.25) is 0 Å². The minimum absolute atomic E-state index is 0.00854. The monoisotopic (exact) mass is 473 g/mol. The Labute approximate surface area is 201 Å². The second-order valence-corrected chi connectivity index (χ2v) is 8.86. The number of piperazine rings is 1. The van der Waals surface area contributed by atoms with E-state index in [1.54, 1.807) is 41.9 Å². The molecule has 10 heteroatoms. The average molecular weight is 474 g/mol. The van der Waals surface area contributed by atoms with Gasteiger partial charge in [0, 0.05) is 38.3 Å². The van der Waals surface area contributed by atoms with Crippen molar-refractivity contribution >= 4 is 22.5 Å². The Morgan fingerprint density at radius 1 is 1.14 bits per heavy atom. The molecule has 0 bridgehead atoms. The average Bonchev–Trinajstić information content (AvgIpc) is 3.39. The first-order valence-electron chi connectivity index (χ1n) is 11.3. The van der Waals surface area contributed by atoms with Gasteiger partial charge >= 0.3 is 0 Å². The lowest BCUT2D eigenvalue weighted by Gasteiger charge is -2.47. The van der Waals surface area contributed by atoms with Crippen LogP contribution in [0.1, 0.15) is 31.3 Å². The number of benzene rings is 1. The van der Waals surface area contributed by atoms with Crippen molar-refractivity contribution < 1.29 is 8.91 Å². The molecule has 1 saturated heterocycles. The number of hydrogen-bond donors (Lipinski definition) is 0. The second-order valence-electron chi connectivity index (χ2n) is 8.86. The van der Waals surface area contributed by atoms with E-state index in [-0.39, 0.29) is 35.3 Å². The number of aryl methyl sites for hydroxylation is 1. The molecule has 5 rings (SSSR count). The molecule has 0 aliphatic carbocycles. The molecule has 1 fully saturated rings. The van der Waals surface area contributed by atoms with Crippen LogP contribution in [-0.4, -0.2) is 49.8 Å². The van der Waals surface area contributed by atoms with E-state index in [2.05, 4.69) is 43.6 Å². The van der Waals surface area contributed by atoms with Gasteiger partial charge in [-0.1, -0.05) is 23.9 Å². The van der Waals surface area contributed by atoms with E-state index in [9.17, 15) is 9.18 Å². The molecule has 0 amide bonds. The van der Waals surface area contributed by atoms with Crippen molar-refractivity contribution in [2.45, 2.75) is 32.0 Å². The van der Waals surface area contributed by atoms with E-state index in [0.29, 0.717) is 35.7 Å². The molecular formula is C25H24FN7O2. The molecule has 4 heterocycles. The molecule has 0 saturated carbocycles. The summed E-state index contributed by atoms with van der Waals surface area (Å²) in [6, 6.07) is 11.0. The summed E-state index contributed by atoms with van der Waals surface area (Å²) in [6.07, 6.45) is 1.36. The standard InChI is InChI=1S/C25H24FN7O2/c1-15-13-33(24(25-28-14-29-35-25)17-5-7-18(26)8-6-17)16(2)12-32(15)20-11-22(34)31(4)19-9-10-21(27-3)30-23(19)20/h5-11,14-16,24H,12-13H2,1-2,4H3/t15-,16+,24?/m0/s1. The number of rotatable bonds is 4. The lowest BCUT2D eigenvalue weighted by atomic mass is 9.98. The Morgan fingerprint density at radius 3 is 2.60 bits per heavy atom. The maximum Gasteiger partial charge on any atom is 0.270 e. The topological polar surface area (TPSA) is 84.7 Å². The molecular weight excluding hydrogens is 449 g/mol. The third-order valence-corrected chi connectivity index (χ3v) is 6.64. The van der Waals surface area contributed by atoms with Gasteiger partial charge in [-0.25, -0.2) is 4.39 Å². The van der Waals surface area contributed by atoms with Crippen LogP contribution >= 0.6 is 0 Å². The minimum Gasteiger partial charge on any atom is -0.362 e. The van der Waals surface area contributed by atoms with Gasteiger partial charge < -0.3 is 18.8 Å². The van der Waals surface area contributed by atoms with Crippen molar-refractivity contribution in [1.29, 1.82) is 0 Å². The van der Waals surface area contributed by atoms with Crippen LogP contribution in [0.25, 0.3) is 15.9 Å². The predicted octanol–water partition coefficient (Wildman–Crippen LogP) is 3.69. The molecule has 35 heavy (non-hydrogen) atoms. The molecule has 9 nitrogen and oxygen atoms in total. The number of halogens is 1. The van der Waals surface area contributed by atoms with Gasteiger partial charge in [-0.05, 0) is 43.7 Å². The maximum absolute atomic E-state index is 13.6. The number of anilines is 1. The van der Waals surface area contributed by atoms with Gasteiger partial charge in [-0.15, -0.1) is 4.98 Å². The van der Waals surface area contributed by atoms with Crippen LogP contribution < -0.4 is 10.5 Å². The van der Waals surface area contributed by atoms with E-state index in [1.807, 2.05) is 0 Å². The number of nitrogens with zero attached hydrogens (tertiary/aromatic N) is 7. The smallest absolute Gasteiger partial charge is 0.270 e. The predicted molar refractivity (Wildman–Crippen MR) is 129 cm³/mol. The largest absolute Gasteiger partial charge is 0.362 e. The van der Waals surface area contributed by atoms with Gasteiger partial charge in [0.1, 0.15) is 11.9 Å². The molecule has 1 aliphatic rings. The molecule has 0 N–H and O–H groups in total. The van der Waals surface area contributed by atoms with Gasteiger partial charge in [0.15, 0.2) is 6.33 Å². The Bertz CT molecular complexity index is 1460. The Balaban J connectivity index is 1.54. The van der Waals surface area contributed by atoms with Crippen molar-refractivity contribution in [1.82, 2.24) is 24.6 Å². The fourth-order valence-electron chi connectivity index (χ4n) is 4.85. The first kappa shape index (κ1) is 22.7. The Hall–Kier alpha value is -4.10. The van der Waals surface area contributed by atoms with Crippen LogP contribution in [-0.2, 0) is 7.05 Å². The number of fused-ring (bicyclic) bond motifs is 1. The van der Waals surface area contributed by atoms with E-state index < -0.39 is 0 Å². The van der Waals surface area contributed by atoms with E-state index in [0.717, 1.165) is 5.56 Å². The van der Waals surface area contributed by atoms with Crippen LogP contribution in [0, 0.1) is 12.4 Å². The van der Waals surface area contributed by atoms with Gasteiger partial charge in [-0.3, -0.25) is 9.69 Å². The third-order valence-electron chi connectivity index (χ3n) is 6.64. The number of hydrogen-bond acceptors (Lipinski definition) is 7. The molecule has 0 radical (unpaired) electrons. The highest BCUT2D eigenvalue weighted by Gasteiger charge is 2.38.